The summed E-state index contributed by atoms with van der Waals surface area (Å²) < 4.78 is 27.7. The number of aliphatic carboxylic acids is 3. The summed E-state index contributed by atoms with van der Waals surface area (Å²) in [6.45, 7) is 2.05. The Balaban J connectivity index is 1.10. The number of pyridine rings is 1. The average Bonchev–Trinajstić information content (AvgIpc) is 3.56. The van der Waals surface area contributed by atoms with Crippen molar-refractivity contribution in [3.05, 3.63) is 53.9 Å². The molecular formula is C41H54F2N10O9. The summed E-state index contributed by atoms with van der Waals surface area (Å²) in [5.41, 5.74) is 2.40. The maximum absolute atomic E-state index is 13.8. The number of nitriles is 1. The second-order valence-electron chi connectivity index (χ2n) is 15.8. The lowest BCUT2D eigenvalue weighted by Crippen LogP contribution is -2.51. The predicted molar refractivity (Wildman–Crippen MR) is 218 cm³/mol. The van der Waals surface area contributed by atoms with Gasteiger partial charge in [0.25, 0.3) is 11.8 Å². The number of likely N-dealkylation sites (tertiary alicyclic amines) is 2. The van der Waals surface area contributed by atoms with E-state index in [0.717, 1.165) is 10.5 Å². The number of carboxylic acid groups (broad SMARTS) is 3. The molecule has 0 unspecified atom stereocenters. The molecule has 3 amide bonds. The average molecular weight is 869 g/mol. The summed E-state index contributed by atoms with van der Waals surface area (Å²) in [4.78, 5) is 87.8. The van der Waals surface area contributed by atoms with E-state index in [0.29, 0.717) is 82.9 Å². The van der Waals surface area contributed by atoms with Gasteiger partial charge in [-0.05, 0) is 30.0 Å². The topological polar surface area (TPSA) is 243 Å². The van der Waals surface area contributed by atoms with E-state index in [2.05, 4.69) is 15.6 Å². The molecule has 19 nitrogen and oxygen atoms in total. The fourth-order valence-corrected chi connectivity index (χ4v) is 7.84. The number of carbonyl (C=O) groups is 6. The summed E-state index contributed by atoms with van der Waals surface area (Å²) in [6, 6.07) is 9.60. The number of benzene rings is 1. The quantitative estimate of drug-likeness (QED) is 0.156. The zero-order chi connectivity index (χ0) is 44.8. The second-order valence-corrected chi connectivity index (χ2v) is 15.8. The molecule has 1 atom stereocenters. The van der Waals surface area contributed by atoms with Crippen molar-refractivity contribution in [3.8, 4) is 17.2 Å². The molecule has 3 aliphatic heterocycles. The summed E-state index contributed by atoms with van der Waals surface area (Å²) in [6.07, 6.45) is 3.63. The van der Waals surface area contributed by atoms with Gasteiger partial charge in [0.2, 0.25) is 11.8 Å². The van der Waals surface area contributed by atoms with Gasteiger partial charge in [-0.1, -0.05) is 24.3 Å². The van der Waals surface area contributed by atoms with E-state index in [4.69, 9.17) is 0 Å². The lowest BCUT2D eigenvalue weighted by atomic mass is 10.00. The Morgan fingerprint density at radius 3 is 1.76 bits per heavy atom. The third kappa shape index (κ3) is 14.5. The Kier molecular flexibility index (Phi) is 17.2. The molecule has 3 fully saturated rings. The molecule has 3 saturated heterocycles. The molecule has 62 heavy (non-hydrogen) atoms. The van der Waals surface area contributed by atoms with Crippen molar-refractivity contribution >= 4 is 35.6 Å². The Morgan fingerprint density at radius 1 is 0.742 bits per heavy atom. The van der Waals surface area contributed by atoms with E-state index >= 15 is 0 Å². The fourth-order valence-electron chi connectivity index (χ4n) is 7.84. The third-order valence-corrected chi connectivity index (χ3v) is 11.3. The number of rotatable bonds is 15. The molecule has 1 aromatic carbocycles. The van der Waals surface area contributed by atoms with Gasteiger partial charge in [-0.25, -0.2) is 8.78 Å². The van der Waals surface area contributed by atoms with E-state index in [-0.39, 0.29) is 56.8 Å². The molecule has 1 aromatic heterocycles. The van der Waals surface area contributed by atoms with Gasteiger partial charge in [-0.3, -0.25) is 53.4 Å². The van der Waals surface area contributed by atoms with E-state index in [9.17, 15) is 58.1 Å². The van der Waals surface area contributed by atoms with Crippen molar-refractivity contribution in [1.29, 1.82) is 5.26 Å². The standard InChI is InChI=1S/C41H54F2N10O9/c42-41(43)19-32(20-44)53(28-41)35(54)23-47-40(62)33-5-8-45-22-34(33)30-3-1-29(2-4-30)21-46-31-6-9-52(10-7-31)36(55)24-48-11-13-49(25-37(56)57)15-17-51(27-39(60)61)18-16-50(14-12-48)26-38(58)59/h1-5,8,22,31-32,46H,6-7,9-19,21,23-28H2,(H,47,62)(H,56,57)(H,58,59)(H,60,61)/t32-/m0/s1. The fraction of sp³-hybridized carbons (Fsp3) is 0.561. The molecule has 2 aromatic rings. The highest BCUT2D eigenvalue weighted by molar-refractivity contribution is 6.02. The zero-order valence-corrected chi connectivity index (χ0v) is 34.5. The first kappa shape index (κ1) is 47.4. The minimum Gasteiger partial charge on any atom is -0.480 e. The summed E-state index contributed by atoms with van der Waals surface area (Å²) in [7, 11) is 0. The normalized spacial score (nSPS) is 20.1. The lowest BCUT2D eigenvalue weighted by Gasteiger charge is -2.35. The Hall–Kier alpha value is -5.66. The van der Waals surface area contributed by atoms with Crippen molar-refractivity contribution in [1.82, 2.24) is 45.0 Å². The number of hydrogen-bond donors (Lipinski definition) is 5. The number of hydrogen-bond acceptors (Lipinski definition) is 13. The molecule has 0 aliphatic carbocycles. The highest BCUT2D eigenvalue weighted by Gasteiger charge is 2.47. The van der Waals surface area contributed by atoms with E-state index in [1.165, 1.54) is 18.5 Å². The van der Waals surface area contributed by atoms with Crippen molar-refractivity contribution in [3.63, 3.8) is 0 Å². The van der Waals surface area contributed by atoms with Gasteiger partial charge in [0.05, 0.1) is 50.9 Å². The monoisotopic (exact) mass is 868 g/mol. The van der Waals surface area contributed by atoms with Crippen LogP contribution in [0.3, 0.4) is 0 Å². The lowest BCUT2D eigenvalue weighted by molar-refractivity contribution is -0.140. The molecule has 336 valence electrons. The number of nitrogens with one attached hydrogen (secondary N) is 2. The summed E-state index contributed by atoms with van der Waals surface area (Å²) in [5.74, 6) is -7.68. The first-order chi connectivity index (χ1) is 29.6. The van der Waals surface area contributed by atoms with Gasteiger partial charge >= 0.3 is 17.9 Å². The molecular weight excluding hydrogens is 815 g/mol. The van der Waals surface area contributed by atoms with Crippen LogP contribution in [0.2, 0.25) is 0 Å². The Morgan fingerprint density at radius 2 is 1.26 bits per heavy atom. The van der Waals surface area contributed by atoms with E-state index < -0.39 is 61.2 Å². The van der Waals surface area contributed by atoms with Gasteiger partial charge in [-0.2, -0.15) is 5.26 Å². The van der Waals surface area contributed by atoms with E-state index in [1.807, 2.05) is 34.1 Å². The van der Waals surface area contributed by atoms with Gasteiger partial charge < -0.3 is 35.8 Å². The molecule has 3 aliphatic rings. The Labute approximate surface area is 357 Å². The maximum Gasteiger partial charge on any atom is 0.317 e. The smallest absolute Gasteiger partial charge is 0.317 e. The largest absolute Gasteiger partial charge is 0.480 e. The van der Waals surface area contributed by atoms with Crippen LogP contribution < -0.4 is 10.6 Å². The van der Waals surface area contributed by atoms with Crippen LogP contribution in [0.4, 0.5) is 8.78 Å². The number of nitrogens with zero attached hydrogens (tertiary/aromatic N) is 8. The molecule has 21 heteroatoms. The first-order valence-electron chi connectivity index (χ1n) is 20.5. The molecule has 5 N–H and O–H groups in total. The number of aromatic nitrogens is 1. The highest BCUT2D eigenvalue weighted by atomic mass is 19.3. The second kappa shape index (κ2) is 22.4. The van der Waals surface area contributed by atoms with Crippen LogP contribution in [-0.4, -0.2) is 208 Å². The first-order valence-corrected chi connectivity index (χ1v) is 20.5. The van der Waals surface area contributed by atoms with Crippen LogP contribution in [0, 0.1) is 11.3 Å². The van der Waals surface area contributed by atoms with Crippen LogP contribution in [0.15, 0.2) is 42.7 Å². The molecule has 0 saturated carbocycles. The van der Waals surface area contributed by atoms with Gasteiger partial charge in [-0.15, -0.1) is 0 Å². The highest BCUT2D eigenvalue weighted by Crippen LogP contribution is 2.31. The molecule has 5 rings (SSSR count). The number of amides is 3. The predicted octanol–water partition coefficient (Wildman–Crippen LogP) is -0.206. The minimum absolute atomic E-state index is 0.0766. The molecule has 4 heterocycles. The van der Waals surface area contributed by atoms with Crippen molar-refractivity contribution < 1.29 is 52.9 Å². The number of alkyl halides is 2. The van der Waals surface area contributed by atoms with Crippen molar-refractivity contribution in [2.24, 2.45) is 0 Å². The number of piperidine rings is 1. The molecule has 0 spiro atoms. The zero-order valence-electron chi connectivity index (χ0n) is 34.5. The van der Waals surface area contributed by atoms with Gasteiger partial charge in [0.15, 0.2) is 0 Å². The van der Waals surface area contributed by atoms with Crippen molar-refractivity contribution in [2.75, 3.05) is 105 Å². The van der Waals surface area contributed by atoms with Crippen LogP contribution >= 0.6 is 0 Å². The molecule has 0 radical (unpaired) electrons. The maximum atomic E-state index is 13.8. The third-order valence-electron chi connectivity index (χ3n) is 11.3. The van der Waals surface area contributed by atoms with Crippen LogP contribution in [0.5, 0.6) is 0 Å². The van der Waals surface area contributed by atoms with Crippen molar-refractivity contribution in [2.45, 2.75) is 43.8 Å². The number of carbonyl (C=O) groups excluding carboxylic acids is 3. The van der Waals surface area contributed by atoms with Crippen LogP contribution in [0.1, 0.15) is 35.2 Å². The number of halogens is 2. The van der Waals surface area contributed by atoms with Gasteiger partial charge in [0, 0.05) is 102 Å². The van der Waals surface area contributed by atoms with Crippen LogP contribution in [0.25, 0.3) is 11.1 Å². The van der Waals surface area contributed by atoms with Crippen LogP contribution in [-0.2, 0) is 30.5 Å². The summed E-state index contributed by atoms with van der Waals surface area (Å²) in [5, 5.41) is 43.6. The number of carboxylic acids is 3. The van der Waals surface area contributed by atoms with E-state index in [1.54, 1.807) is 20.8 Å². The summed E-state index contributed by atoms with van der Waals surface area (Å²) >= 11 is 0. The van der Waals surface area contributed by atoms with Gasteiger partial charge in [0.1, 0.15) is 6.04 Å². The SMILES string of the molecule is N#C[C@@H]1CC(F)(F)CN1C(=O)CNC(=O)c1ccncc1-c1ccc(CNC2CCN(C(=O)CN3CCN(CC(=O)O)CCN(CC(=O)O)CCN(CC(=O)O)CC3)CC2)cc1. The molecule has 0 bridgehead atoms. The Bertz CT molecular complexity index is 1910. The minimum atomic E-state index is -3.17.